The van der Waals surface area contributed by atoms with Gasteiger partial charge in [0.1, 0.15) is 0 Å². The Morgan fingerprint density at radius 3 is 2.84 bits per heavy atom. The van der Waals surface area contributed by atoms with Crippen LogP contribution in [0, 0.1) is 6.92 Å². The van der Waals surface area contributed by atoms with E-state index in [0.717, 1.165) is 11.8 Å². The molecule has 0 fully saturated rings. The zero-order valence-corrected chi connectivity index (χ0v) is 10.6. The van der Waals surface area contributed by atoms with Crippen LogP contribution < -0.4 is 5.73 Å². The van der Waals surface area contributed by atoms with Crippen LogP contribution in [0.2, 0.25) is 0 Å². The van der Waals surface area contributed by atoms with Crippen molar-refractivity contribution >= 4 is 17.7 Å². The van der Waals surface area contributed by atoms with Gasteiger partial charge >= 0.3 is 0 Å². The second-order valence-corrected chi connectivity index (χ2v) is 4.33. The molecule has 0 aliphatic carbocycles. The number of nitrogens with zero attached hydrogens (tertiary/aromatic N) is 7. The van der Waals surface area contributed by atoms with Gasteiger partial charge in [-0.25, -0.2) is 4.68 Å². The van der Waals surface area contributed by atoms with Crippen LogP contribution in [0.15, 0.2) is 33.3 Å². The van der Waals surface area contributed by atoms with E-state index in [1.165, 1.54) is 4.68 Å². The maximum absolute atomic E-state index is 5.64. The fourth-order valence-electron chi connectivity index (χ4n) is 1.29. The zero-order valence-electron chi connectivity index (χ0n) is 9.76. The molecule has 96 valence electrons. The highest BCUT2D eigenvalue weighted by atomic mass is 32.2. The van der Waals surface area contributed by atoms with E-state index < -0.39 is 0 Å². The van der Waals surface area contributed by atoms with E-state index in [-0.39, 0.29) is 5.95 Å². The van der Waals surface area contributed by atoms with Gasteiger partial charge in [0.15, 0.2) is 0 Å². The highest BCUT2D eigenvalue weighted by Crippen LogP contribution is 2.23. The molecule has 0 aliphatic heterocycles. The smallest absolute Gasteiger partial charge is 0.284 e. The largest absolute Gasteiger partial charge is 0.416 e. The minimum Gasteiger partial charge on any atom is -0.416 e. The highest BCUT2D eigenvalue weighted by molar-refractivity contribution is 7.98. The second-order valence-electron chi connectivity index (χ2n) is 3.42. The molecule has 3 rings (SSSR count). The third-order valence-electron chi connectivity index (χ3n) is 2.02. The molecule has 0 saturated heterocycles. The number of anilines is 1. The van der Waals surface area contributed by atoms with Crippen LogP contribution in [-0.2, 0) is 0 Å². The third-order valence-corrected chi connectivity index (χ3v) is 2.72. The van der Waals surface area contributed by atoms with E-state index in [1.807, 2.05) is 0 Å². The number of nitrogens with two attached hydrogens (primary N) is 1. The molecule has 2 N–H and O–H groups in total. The van der Waals surface area contributed by atoms with Crippen molar-refractivity contribution in [3.8, 4) is 5.95 Å². The normalized spacial score (nSPS) is 10.8. The lowest BCUT2D eigenvalue weighted by atomic mass is 10.7. The molecule has 3 aromatic rings. The SMILES string of the molecule is Cc1nnc(Sc2nc(N)nc(-n3cccn3)n2)o1. The summed E-state index contributed by atoms with van der Waals surface area (Å²) in [6.45, 7) is 1.70. The summed E-state index contributed by atoms with van der Waals surface area (Å²) in [4.78, 5) is 12.2. The average Bonchev–Trinajstić information content (AvgIpc) is 3.00. The number of rotatable bonds is 3. The zero-order chi connectivity index (χ0) is 13.2. The molecule has 0 unspecified atom stereocenters. The summed E-state index contributed by atoms with van der Waals surface area (Å²) in [6.07, 6.45) is 3.33. The van der Waals surface area contributed by atoms with Gasteiger partial charge in [-0.05, 0) is 6.07 Å². The molecular formula is C9H8N8OS. The highest BCUT2D eigenvalue weighted by Gasteiger charge is 2.11. The van der Waals surface area contributed by atoms with Gasteiger partial charge in [-0.3, -0.25) is 0 Å². The first-order chi connectivity index (χ1) is 9.20. The van der Waals surface area contributed by atoms with Crippen LogP contribution in [0.25, 0.3) is 5.95 Å². The Morgan fingerprint density at radius 1 is 1.26 bits per heavy atom. The quantitative estimate of drug-likeness (QED) is 0.727. The fraction of sp³-hybridized carbons (Fsp3) is 0.111. The Bertz CT molecular complexity index is 694. The minimum absolute atomic E-state index is 0.0965. The molecule has 0 amide bonds. The number of hydrogen-bond donors (Lipinski definition) is 1. The van der Waals surface area contributed by atoms with Crippen molar-refractivity contribution in [1.29, 1.82) is 0 Å². The first kappa shape index (κ1) is 11.6. The predicted molar refractivity (Wildman–Crippen MR) is 64.5 cm³/mol. The molecule has 0 bridgehead atoms. The monoisotopic (exact) mass is 276 g/mol. The third kappa shape index (κ3) is 2.52. The van der Waals surface area contributed by atoms with Crippen molar-refractivity contribution in [2.75, 3.05) is 5.73 Å². The average molecular weight is 276 g/mol. The van der Waals surface area contributed by atoms with Crippen LogP contribution in [0.5, 0.6) is 0 Å². The van der Waals surface area contributed by atoms with Crippen molar-refractivity contribution < 1.29 is 4.42 Å². The molecule has 0 spiro atoms. The van der Waals surface area contributed by atoms with Crippen molar-refractivity contribution in [3.05, 3.63) is 24.4 Å². The van der Waals surface area contributed by atoms with E-state index in [9.17, 15) is 0 Å². The molecule has 0 saturated carbocycles. The summed E-state index contributed by atoms with van der Waals surface area (Å²) in [7, 11) is 0. The van der Waals surface area contributed by atoms with Crippen molar-refractivity contribution in [3.63, 3.8) is 0 Å². The molecule has 0 aliphatic rings. The van der Waals surface area contributed by atoms with Crippen LogP contribution in [0.3, 0.4) is 0 Å². The maximum Gasteiger partial charge on any atom is 0.284 e. The van der Waals surface area contributed by atoms with Gasteiger partial charge in [0, 0.05) is 31.1 Å². The molecule has 0 aromatic carbocycles. The number of aromatic nitrogens is 7. The van der Waals surface area contributed by atoms with E-state index in [2.05, 4.69) is 30.2 Å². The van der Waals surface area contributed by atoms with E-state index in [4.69, 9.17) is 10.2 Å². The van der Waals surface area contributed by atoms with Crippen molar-refractivity contribution in [1.82, 2.24) is 34.9 Å². The van der Waals surface area contributed by atoms with Crippen LogP contribution >= 0.6 is 11.8 Å². The summed E-state index contributed by atoms with van der Waals surface area (Å²) in [5.74, 6) is 0.896. The van der Waals surface area contributed by atoms with Crippen LogP contribution in [-0.4, -0.2) is 34.9 Å². The topological polar surface area (TPSA) is 121 Å². The number of nitrogen functional groups attached to an aromatic ring is 1. The number of aryl methyl sites for hydroxylation is 1. The molecule has 0 atom stereocenters. The Morgan fingerprint density at radius 2 is 2.16 bits per heavy atom. The Hall–Kier alpha value is -2.49. The van der Waals surface area contributed by atoms with Crippen molar-refractivity contribution in [2.24, 2.45) is 0 Å². The predicted octanol–water partition coefficient (Wildman–Crippen LogP) is 0.482. The first-order valence-corrected chi connectivity index (χ1v) is 6.02. The van der Waals surface area contributed by atoms with Gasteiger partial charge in [0.05, 0.1) is 0 Å². The van der Waals surface area contributed by atoms with Crippen molar-refractivity contribution in [2.45, 2.75) is 17.3 Å². The molecule has 19 heavy (non-hydrogen) atoms. The Kier molecular flexibility index (Phi) is 2.83. The van der Waals surface area contributed by atoms with Gasteiger partial charge in [0.2, 0.25) is 17.0 Å². The van der Waals surface area contributed by atoms with Gasteiger partial charge in [-0.1, -0.05) is 0 Å². The first-order valence-electron chi connectivity index (χ1n) is 5.20. The standard InChI is InChI=1S/C9H8N8OS/c1-5-15-16-9(18-5)19-8-13-6(10)12-7(14-8)17-4-2-3-11-17/h2-4H,1H3,(H2,10,12,13,14). The molecule has 0 radical (unpaired) electrons. The maximum atomic E-state index is 5.64. The Balaban J connectivity index is 1.94. The minimum atomic E-state index is 0.0965. The summed E-state index contributed by atoms with van der Waals surface area (Å²) in [5.41, 5.74) is 5.64. The van der Waals surface area contributed by atoms with Gasteiger partial charge in [-0.15, -0.1) is 10.2 Å². The molecule has 3 heterocycles. The molecule has 10 heteroatoms. The Labute approximate surface area is 111 Å². The van der Waals surface area contributed by atoms with Crippen LogP contribution in [0.4, 0.5) is 5.95 Å². The van der Waals surface area contributed by atoms with Gasteiger partial charge < -0.3 is 10.2 Å². The lowest BCUT2D eigenvalue weighted by molar-refractivity contribution is 0.429. The summed E-state index contributed by atoms with van der Waals surface area (Å²) in [6, 6.07) is 1.76. The van der Waals surface area contributed by atoms with E-state index >= 15 is 0 Å². The molecule has 9 nitrogen and oxygen atoms in total. The van der Waals surface area contributed by atoms with Gasteiger partial charge in [0.25, 0.3) is 11.2 Å². The van der Waals surface area contributed by atoms with Crippen LogP contribution in [0.1, 0.15) is 5.89 Å². The lowest BCUT2D eigenvalue weighted by Crippen LogP contribution is -2.07. The van der Waals surface area contributed by atoms with Gasteiger partial charge in [-0.2, -0.15) is 20.1 Å². The summed E-state index contributed by atoms with van der Waals surface area (Å²) in [5, 5.41) is 12.3. The second kappa shape index (κ2) is 4.65. The van der Waals surface area contributed by atoms with E-state index in [0.29, 0.717) is 22.2 Å². The van der Waals surface area contributed by atoms with E-state index in [1.54, 1.807) is 25.4 Å². The summed E-state index contributed by atoms with van der Waals surface area (Å²) < 4.78 is 6.72. The molecular weight excluding hydrogens is 268 g/mol. The summed E-state index contributed by atoms with van der Waals surface area (Å²) >= 11 is 1.11. The number of hydrogen-bond acceptors (Lipinski definition) is 9. The fourth-order valence-corrected chi connectivity index (χ4v) is 1.96. The lowest BCUT2D eigenvalue weighted by Gasteiger charge is -2.02. The molecule has 3 aromatic heterocycles.